The average Bonchev–Trinajstić information content (AvgIpc) is 3.58. The van der Waals surface area contributed by atoms with Crippen LogP contribution in [0.3, 0.4) is 0 Å². The van der Waals surface area contributed by atoms with Crippen molar-refractivity contribution in [2.45, 2.75) is 81.0 Å². The van der Waals surface area contributed by atoms with Crippen molar-refractivity contribution < 1.29 is 9.53 Å². The van der Waals surface area contributed by atoms with Gasteiger partial charge in [-0.15, -0.1) is 6.58 Å². The summed E-state index contributed by atoms with van der Waals surface area (Å²) < 4.78 is 7.33. The third-order valence-corrected chi connectivity index (χ3v) is 5.92. The maximum absolute atomic E-state index is 13.0. The molecule has 0 atom stereocenters. The van der Waals surface area contributed by atoms with Gasteiger partial charge in [0.15, 0.2) is 5.82 Å². The molecule has 46 heavy (non-hydrogen) atoms. The van der Waals surface area contributed by atoms with Crippen LogP contribution in [0.5, 0.6) is 5.75 Å². The van der Waals surface area contributed by atoms with E-state index in [1.54, 1.807) is 37.9 Å². The van der Waals surface area contributed by atoms with Gasteiger partial charge in [0, 0.05) is 48.9 Å². The van der Waals surface area contributed by atoms with Crippen LogP contribution >= 0.6 is 0 Å². The van der Waals surface area contributed by atoms with Gasteiger partial charge in [0.2, 0.25) is 5.91 Å². The number of aryl methyl sites for hydroxylation is 2. The zero-order chi connectivity index (χ0) is 34.2. The number of aromatic nitrogens is 5. The molecule has 0 spiro atoms. The molecule has 0 fully saturated rings. The Morgan fingerprint density at radius 2 is 1.78 bits per heavy atom. The van der Waals surface area contributed by atoms with E-state index >= 15 is 0 Å². The Balaban J connectivity index is 0.000000935. The third-order valence-electron chi connectivity index (χ3n) is 5.92. The molecule has 10 nitrogen and oxygen atoms in total. The quantitative estimate of drug-likeness (QED) is 0.157. The van der Waals surface area contributed by atoms with Crippen molar-refractivity contribution in [3.05, 3.63) is 125 Å². The molecule has 0 saturated carbocycles. The van der Waals surface area contributed by atoms with Crippen LogP contribution in [0.25, 0.3) is 0 Å². The topological polar surface area (TPSA) is 127 Å². The first-order chi connectivity index (χ1) is 22.2. The van der Waals surface area contributed by atoms with Crippen LogP contribution in [0.15, 0.2) is 90.9 Å². The van der Waals surface area contributed by atoms with Crippen molar-refractivity contribution in [1.82, 2.24) is 29.8 Å². The molecule has 0 unspecified atom stereocenters. The number of amides is 1. The van der Waals surface area contributed by atoms with E-state index in [1.807, 2.05) is 76.2 Å². The lowest BCUT2D eigenvalue weighted by Gasteiger charge is -2.14. The summed E-state index contributed by atoms with van der Waals surface area (Å²) in [7, 11) is 0. The van der Waals surface area contributed by atoms with Crippen molar-refractivity contribution >= 4 is 11.7 Å². The molecule has 1 aromatic carbocycles. The van der Waals surface area contributed by atoms with E-state index in [0.29, 0.717) is 31.0 Å². The second-order valence-corrected chi connectivity index (χ2v) is 10.2. The number of anilines is 1. The highest BCUT2D eigenvalue weighted by atomic mass is 16.5. The number of carbonyl (C=O) groups is 1. The molecule has 0 aliphatic rings. The standard InChI is InChI=1S/C26H29N7O3.C4H8.C3H8.C3H6/c1-18-6-7-23(36-16-22-14-27-17-32-22)20(11-18)13-30-24(34)15-33-19(2)12-31-25(26(33)35)29-10-8-21-5-3-4-9-28-21;1-3-4-2;2*1-3-2/h3-7,9,11-12,14,17H,8,10,13,15-16H2,1-2H3,(H,27,32)(H,29,31)(H,30,34);3-4H,1-2H3;3H2,1-2H3;3H,1H2,2H3/b;4-3+;;. The lowest BCUT2D eigenvalue weighted by atomic mass is 10.1. The summed E-state index contributed by atoms with van der Waals surface area (Å²) in [6.07, 6.45) is 14.3. The van der Waals surface area contributed by atoms with Gasteiger partial charge in [0.25, 0.3) is 5.56 Å². The Labute approximate surface area is 274 Å². The molecule has 0 saturated heterocycles. The lowest BCUT2D eigenvalue weighted by Crippen LogP contribution is -2.34. The summed E-state index contributed by atoms with van der Waals surface area (Å²) in [6.45, 7) is 18.2. The number of allylic oxidation sites excluding steroid dienone is 3. The number of H-pyrrole nitrogens is 1. The summed E-state index contributed by atoms with van der Waals surface area (Å²) in [6, 6.07) is 11.5. The number of hydrogen-bond acceptors (Lipinski definition) is 7. The molecule has 3 heterocycles. The van der Waals surface area contributed by atoms with Gasteiger partial charge in [-0.3, -0.25) is 19.1 Å². The van der Waals surface area contributed by atoms with Crippen LogP contribution in [0, 0.1) is 13.8 Å². The monoisotopic (exact) mass is 629 g/mol. The van der Waals surface area contributed by atoms with Crippen LogP contribution in [0.1, 0.15) is 69.2 Å². The number of imidazole rings is 1. The molecule has 4 aromatic rings. The van der Waals surface area contributed by atoms with Crippen molar-refractivity contribution in [3.8, 4) is 5.75 Å². The first-order valence-corrected chi connectivity index (χ1v) is 15.5. The summed E-state index contributed by atoms with van der Waals surface area (Å²) in [5.74, 6) is 0.594. The molecule has 248 valence electrons. The minimum Gasteiger partial charge on any atom is -0.487 e. The Morgan fingerprint density at radius 1 is 1.07 bits per heavy atom. The smallest absolute Gasteiger partial charge is 0.293 e. The first kappa shape index (κ1) is 39.0. The van der Waals surface area contributed by atoms with E-state index in [9.17, 15) is 9.59 Å². The number of ether oxygens (including phenoxy) is 1. The molecule has 0 bridgehead atoms. The second kappa shape index (κ2) is 23.4. The molecular weight excluding hydrogens is 578 g/mol. The molecule has 10 heteroatoms. The SMILES string of the molecule is C/C=C/C.C=CC.CCC.Cc1ccc(OCc2cnc[nH]2)c(CNC(=O)Cn2c(C)cnc(NCCc3ccccn3)c2=O)c1. The molecular formula is C36H51N7O3. The largest absolute Gasteiger partial charge is 0.487 e. The van der Waals surface area contributed by atoms with Gasteiger partial charge in [0.05, 0.1) is 18.2 Å². The second-order valence-electron chi connectivity index (χ2n) is 10.2. The highest BCUT2D eigenvalue weighted by molar-refractivity contribution is 5.76. The maximum Gasteiger partial charge on any atom is 0.293 e. The number of nitrogens with one attached hydrogen (secondary N) is 3. The lowest BCUT2D eigenvalue weighted by molar-refractivity contribution is -0.121. The van der Waals surface area contributed by atoms with E-state index < -0.39 is 0 Å². The fraction of sp³-hybridized carbons (Fsp3) is 0.361. The van der Waals surface area contributed by atoms with Crippen LogP contribution in [-0.4, -0.2) is 37.0 Å². The third kappa shape index (κ3) is 15.1. The van der Waals surface area contributed by atoms with Crippen LogP contribution in [0.4, 0.5) is 5.82 Å². The van der Waals surface area contributed by atoms with Gasteiger partial charge in [-0.05, 0) is 52.8 Å². The molecule has 3 aromatic heterocycles. The van der Waals surface area contributed by atoms with Gasteiger partial charge >= 0.3 is 0 Å². The van der Waals surface area contributed by atoms with E-state index in [-0.39, 0.29) is 30.4 Å². The molecule has 3 N–H and O–H groups in total. The number of benzene rings is 1. The van der Waals surface area contributed by atoms with Gasteiger partial charge in [-0.25, -0.2) is 9.97 Å². The van der Waals surface area contributed by atoms with Crippen molar-refractivity contribution in [1.29, 1.82) is 0 Å². The summed E-state index contributed by atoms with van der Waals surface area (Å²) in [4.78, 5) is 41.2. The zero-order valence-electron chi connectivity index (χ0n) is 28.5. The number of hydrogen-bond donors (Lipinski definition) is 3. The molecule has 4 rings (SSSR count). The first-order valence-electron chi connectivity index (χ1n) is 15.5. The van der Waals surface area contributed by atoms with Crippen LogP contribution in [-0.2, 0) is 30.9 Å². The fourth-order valence-corrected chi connectivity index (χ4v) is 3.64. The van der Waals surface area contributed by atoms with Gasteiger partial charge in [-0.2, -0.15) is 0 Å². The number of aromatic amines is 1. The number of pyridine rings is 1. The van der Waals surface area contributed by atoms with E-state index in [2.05, 4.69) is 51.0 Å². The van der Waals surface area contributed by atoms with E-state index in [1.165, 1.54) is 11.0 Å². The van der Waals surface area contributed by atoms with Crippen LogP contribution in [0.2, 0.25) is 0 Å². The average molecular weight is 630 g/mol. The Bertz CT molecular complexity index is 1490. The summed E-state index contributed by atoms with van der Waals surface area (Å²) >= 11 is 0. The van der Waals surface area contributed by atoms with Crippen LogP contribution < -0.4 is 20.9 Å². The Morgan fingerprint density at radius 3 is 2.39 bits per heavy atom. The molecule has 0 radical (unpaired) electrons. The fourth-order valence-electron chi connectivity index (χ4n) is 3.64. The molecule has 0 aliphatic heterocycles. The highest BCUT2D eigenvalue weighted by Gasteiger charge is 2.13. The van der Waals surface area contributed by atoms with Crippen molar-refractivity contribution in [3.63, 3.8) is 0 Å². The number of rotatable bonds is 11. The maximum atomic E-state index is 13.0. The zero-order valence-corrected chi connectivity index (χ0v) is 28.5. The minimum absolute atomic E-state index is 0.113. The van der Waals surface area contributed by atoms with Gasteiger partial charge in [-0.1, -0.05) is 62.3 Å². The predicted octanol–water partition coefficient (Wildman–Crippen LogP) is 6.72. The Kier molecular flexibility index (Phi) is 19.9. The van der Waals surface area contributed by atoms with E-state index in [0.717, 1.165) is 22.5 Å². The summed E-state index contributed by atoms with van der Waals surface area (Å²) in [5.41, 5.74) is 3.92. The molecule has 0 aliphatic carbocycles. The predicted molar refractivity (Wildman–Crippen MR) is 188 cm³/mol. The van der Waals surface area contributed by atoms with Crippen molar-refractivity contribution in [2.75, 3.05) is 11.9 Å². The minimum atomic E-state index is -0.342. The van der Waals surface area contributed by atoms with Crippen molar-refractivity contribution in [2.24, 2.45) is 0 Å². The Hall–Kier alpha value is -4.99. The van der Waals surface area contributed by atoms with Gasteiger partial charge < -0.3 is 20.4 Å². The highest BCUT2D eigenvalue weighted by Crippen LogP contribution is 2.21. The summed E-state index contributed by atoms with van der Waals surface area (Å²) in [5, 5.41) is 5.96. The van der Waals surface area contributed by atoms with E-state index in [4.69, 9.17) is 4.74 Å². The van der Waals surface area contributed by atoms with Gasteiger partial charge in [0.1, 0.15) is 18.9 Å². The normalized spacial score (nSPS) is 9.89. The number of nitrogens with zero attached hydrogens (tertiary/aromatic N) is 4. The number of carbonyl (C=O) groups excluding carboxylic acids is 1. The molecule has 1 amide bonds.